The van der Waals surface area contributed by atoms with Gasteiger partial charge in [-0.15, -0.1) is 0 Å². The largest absolute Gasteiger partial charge is 0.454 e. The lowest BCUT2D eigenvalue weighted by molar-refractivity contribution is -0.149. The van der Waals surface area contributed by atoms with Crippen molar-refractivity contribution in [2.75, 3.05) is 13.2 Å². The number of fused-ring (bicyclic) bond motifs is 1. The molecule has 1 heterocycles. The van der Waals surface area contributed by atoms with E-state index in [0.29, 0.717) is 18.9 Å². The number of carbonyl (C=O) groups excluding carboxylic acids is 2. The van der Waals surface area contributed by atoms with Crippen LogP contribution in [0.3, 0.4) is 0 Å². The lowest BCUT2D eigenvalue weighted by Crippen LogP contribution is -2.35. The Morgan fingerprint density at radius 3 is 2.39 bits per heavy atom. The molecule has 0 fully saturated rings. The Morgan fingerprint density at radius 2 is 1.71 bits per heavy atom. The number of benzene rings is 2. The van der Waals surface area contributed by atoms with Gasteiger partial charge in [-0.2, -0.15) is 0 Å². The van der Waals surface area contributed by atoms with E-state index in [2.05, 4.69) is 36.4 Å². The minimum atomic E-state index is -0.799. The molecule has 0 atom stereocenters. The van der Waals surface area contributed by atoms with Gasteiger partial charge in [-0.05, 0) is 35.6 Å². The molecule has 162 valence electrons. The number of rotatable bonds is 8. The van der Waals surface area contributed by atoms with E-state index in [1.807, 2.05) is 12.1 Å². The van der Waals surface area contributed by atoms with Crippen LogP contribution in [0.1, 0.15) is 30.9 Å². The number of amides is 1. The van der Waals surface area contributed by atoms with E-state index in [-0.39, 0.29) is 10.8 Å². The monoisotopic (exact) mass is 423 g/mol. The normalized spacial score (nSPS) is 10.9. The molecule has 8 nitrogen and oxygen atoms in total. The van der Waals surface area contributed by atoms with E-state index in [1.165, 1.54) is 17.7 Å². The lowest BCUT2D eigenvalue weighted by Gasteiger charge is -2.09. The van der Waals surface area contributed by atoms with Crippen LogP contribution in [0, 0.1) is 0 Å². The average molecular weight is 423 g/mol. The number of aromatic amines is 1. The van der Waals surface area contributed by atoms with Crippen LogP contribution in [0.4, 0.5) is 0 Å². The molecule has 1 aromatic heterocycles. The Labute approximate surface area is 178 Å². The molecule has 1 amide bonds. The molecule has 31 heavy (non-hydrogen) atoms. The third-order valence-corrected chi connectivity index (χ3v) is 4.92. The maximum atomic E-state index is 12.4. The molecule has 2 N–H and O–H groups in total. The molecule has 0 saturated carbocycles. The van der Waals surface area contributed by atoms with Crippen LogP contribution >= 0.6 is 0 Å². The third-order valence-electron chi connectivity index (χ3n) is 4.92. The Bertz CT molecular complexity index is 1190. The van der Waals surface area contributed by atoms with Crippen LogP contribution in [-0.2, 0) is 27.3 Å². The van der Waals surface area contributed by atoms with Crippen molar-refractivity contribution < 1.29 is 14.3 Å². The zero-order valence-electron chi connectivity index (χ0n) is 17.5. The van der Waals surface area contributed by atoms with Crippen molar-refractivity contribution in [1.82, 2.24) is 15.1 Å². The summed E-state index contributed by atoms with van der Waals surface area (Å²) in [5.41, 5.74) is 1.36. The van der Waals surface area contributed by atoms with E-state index in [4.69, 9.17) is 4.74 Å². The van der Waals surface area contributed by atoms with Crippen molar-refractivity contribution in [3.05, 3.63) is 80.4 Å². The molecule has 0 saturated heterocycles. The summed E-state index contributed by atoms with van der Waals surface area (Å²) < 4.78 is 5.81. The maximum Gasteiger partial charge on any atom is 0.328 e. The third kappa shape index (κ3) is 5.69. The fraction of sp³-hybridized carbons (Fsp3) is 0.304. The highest BCUT2D eigenvalue weighted by Crippen LogP contribution is 2.14. The summed E-state index contributed by atoms with van der Waals surface area (Å²) in [4.78, 5) is 48.4. The number of H-pyrrole nitrogens is 1. The molecule has 3 rings (SSSR count). The summed E-state index contributed by atoms with van der Waals surface area (Å²) in [7, 11) is 0. The second-order valence-electron chi connectivity index (χ2n) is 7.53. The summed E-state index contributed by atoms with van der Waals surface area (Å²) in [5.74, 6) is -0.773. The van der Waals surface area contributed by atoms with Crippen molar-refractivity contribution in [2.24, 2.45) is 0 Å². The van der Waals surface area contributed by atoms with Gasteiger partial charge in [-0.25, -0.2) is 4.68 Å². The molecule has 8 heteroatoms. The first-order chi connectivity index (χ1) is 14.8. The van der Waals surface area contributed by atoms with Crippen molar-refractivity contribution in [3.63, 3.8) is 0 Å². The summed E-state index contributed by atoms with van der Waals surface area (Å²) in [6, 6.07) is 14.5. The Balaban J connectivity index is 1.47. The van der Waals surface area contributed by atoms with E-state index >= 15 is 0 Å². The first kappa shape index (κ1) is 22.0. The lowest BCUT2D eigenvalue weighted by atomic mass is 10.0. The van der Waals surface area contributed by atoms with Crippen LogP contribution in [0.2, 0.25) is 0 Å². The molecule has 3 aromatic rings. The molecule has 0 aliphatic heterocycles. The minimum absolute atomic E-state index is 0.207. The molecular formula is C23H25N3O5. The Kier molecular flexibility index (Phi) is 7.02. The number of nitrogens with one attached hydrogen (secondary N) is 2. The average Bonchev–Trinajstić information content (AvgIpc) is 2.76. The van der Waals surface area contributed by atoms with Gasteiger partial charge in [-0.1, -0.05) is 50.2 Å². The van der Waals surface area contributed by atoms with Crippen LogP contribution in [0.15, 0.2) is 58.1 Å². The topological polar surface area (TPSA) is 110 Å². The summed E-state index contributed by atoms with van der Waals surface area (Å²) in [6.07, 6.45) is 0.659. The van der Waals surface area contributed by atoms with Gasteiger partial charge in [0.2, 0.25) is 0 Å². The van der Waals surface area contributed by atoms with Gasteiger partial charge in [0.25, 0.3) is 17.0 Å². The highest BCUT2D eigenvalue weighted by atomic mass is 16.5. The number of hydrogen-bond donors (Lipinski definition) is 2. The van der Waals surface area contributed by atoms with Crippen LogP contribution in [0.25, 0.3) is 10.8 Å². The molecule has 0 unspecified atom stereocenters. The molecule has 0 aliphatic rings. The molecule has 0 radical (unpaired) electrons. The SMILES string of the molecule is CC(C)c1ccc(CCNC(=O)COC(=O)Cn2[nH]c(=O)c3ccccc3c2=O)cc1. The first-order valence-electron chi connectivity index (χ1n) is 10.1. The molecular weight excluding hydrogens is 398 g/mol. The van der Waals surface area contributed by atoms with Gasteiger partial charge < -0.3 is 10.1 Å². The molecule has 0 bridgehead atoms. The van der Waals surface area contributed by atoms with Crippen molar-refractivity contribution in [3.8, 4) is 0 Å². The number of aromatic nitrogens is 2. The van der Waals surface area contributed by atoms with Crippen LogP contribution in [-0.4, -0.2) is 34.8 Å². The fourth-order valence-corrected chi connectivity index (χ4v) is 3.15. The number of nitrogens with zero attached hydrogens (tertiary/aromatic N) is 1. The van der Waals surface area contributed by atoms with E-state index in [1.54, 1.807) is 12.1 Å². The number of carbonyl (C=O) groups is 2. The predicted molar refractivity (Wildman–Crippen MR) is 117 cm³/mol. The maximum absolute atomic E-state index is 12.4. The fourth-order valence-electron chi connectivity index (χ4n) is 3.15. The second kappa shape index (κ2) is 9.88. The second-order valence-corrected chi connectivity index (χ2v) is 7.53. The van der Waals surface area contributed by atoms with Crippen molar-refractivity contribution in [2.45, 2.75) is 32.7 Å². The smallest absolute Gasteiger partial charge is 0.328 e. The zero-order chi connectivity index (χ0) is 22.4. The quantitative estimate of drug-likeness (QED) is 0.536. The van der Waals surface area contributed by atoms with Gasteiger partial charge in [0, 0.05) is 6.54 Å². The summed E-state index contributed by atoms with van der Waals surface area (Å²) in [5, 5.41) is 5.49. The summed E-state index contributed by atoms with van der Waals surface area (Å²) >= 11 is 0. The molecule has 0 spiro atoms. The van der Waals surface area contributed by atoms with Crippen molar-refractivity contribution >= 4 is 22.6 Å². The molecule has 2 aromatic carbocycles. The Morgan fingerprint density at radius 1 is 1.03 bits per heavy atom. The van der Waals surface area contributed by atoms with Gasteiger partial charge >= 0.3 is 5.97 Å². The van der Waals surface area contributed by atoms with Gasteiger partial charge in [0.15, 0.2) is 6.61 Å². The van der Waals surface area contributed by atoms with Crippen LogP contribution < -0.4 is 16.4 Å². The van der Waals surface area contributed by atoms with Crippen LogP contribution in [0.5, 0.6) is 0 Å². The first-order valence-corrected chi connectivity index (χ1v) is 10.1. The van der Waals surface area contributed by atoms with E-state index in [9.17, 15) is 19.2 Å². The number of esters is 1. The number of ether oxygens (including phenoxy) is 1. The van der Waals surface area contributed by atoms with E-state index < -0.39 is 36.1 Å². The predicted octanol–water partition coefficient (Wildman–Crippen LogP) is 1.72. The van der Waals surface area contributed by atoms with Crippen molar-refractivity contribution in [1.29, 1.82) is 0 Å². The zero-order valence-corrected chi connectivity index (χ0v) is 17.5. The number of hydrogen-bond acceptors (Lipinski definition) is 5. The van der Waals surface area contributed by atoms with Gasteiger partial charge in [0.1, 0.15) is 6.54 Å². The Hall–Kier alpha value is -3.68. The highest BCUT2D eigenvalue weighted by Gasteiger charge is 2.12. The van der Waals surface area contributed by atoms with Gasteiger partial charge in [-0.3, -0.25) is 24.3 Å². The minimum Gasteiger partial charge on any atom is -0.454 e. The highest BCUT2D eigenvalue weighted by molar-refractivity contribution is 5.81. The molecule has 0 aliphatic carbocycles. The van der Waals surface area contributed by atoms with Gasteiger partial charge in [0.05, 0.1) is 10.8 Å². The standard InChI is InChI=1S/C23H25N3O5/c1-15(2)17-9-7-16(8-10-17)11-12-24-20(27)14-31-21(28)13-26-23(30)19-6-4-3-5-18(19)22(29)25-26/h3-10,15H,11-14H2,1-2H3,(H,24,27)(H,25,29). The summed E-state index contributed by atoms with van der Waals surface area (Å²) in [6.45, 7) is 3.72. The van der Waals surface area contributed by atoms with E-state index in [0.717, 1.165) is 10.2 Å².